The van der Waals surface area contributed by atoms with E-state index in [1.807, 2.05) is 30.3 Å². The molecule has 1 heterocycles. The number of amides is 1. The van der Waals surface area contributed by atoms with Crippen LogP contribution in [0.3, 0.4) is 0 Å². The van der Waals surface area contributed by atoms with Crippen molar-refractivity contribution < 1.29 is 14.3 Å². The number of esters is 1. The molecule has 1 aliphatic carbocycles. The second-order valence-corrected chi connectivity index (χ2v) is 6.33. The van der Waals surface area contributed by atoms with Crippen molar-refractivity contribution >= 4 is 11.9 Å². The summed E-state index contributed by atoms with van der Waals surface area (Å²) >= 11 is 0. The lowest BCUT2D eigenvalue weighted by atomic mass is 10.1. The van der Waals surface area contributed by atoms with Gasteiger partial charge >= 0.3 is 5.97 Å². The lowest BCUT2D eigenvalue weighted by Gasteiger charge is -2.18. The molecule has 0 spiro atoms. The molecule has 25 heavy (non-hydrogen) atoms. The predicted octanol–water partition coefficient (Wildman–Crippen LogP) is 2.71. The van der Waals surface area contributed by atoms with E-state index in [1.54, 1.807) is 0 Å². The first-order valence-corrected chi connectivity index (χ1v) is 8.71. The fraction of sp³-hybridized carbons (Fsp3) is 0.421. The van der Waals surface area contributed by atoms with E-state index in [0.717, 1.165) is 48.9 Å². The van der Waals surface area contributed by atoms with Crippen LogP contribution in [0, 0.1) is 0 Å². The summed E-state index contributed by atoms with van der Waals surface area (Å²) in [7, 11) is 0. The topological polar surface area (TPSA) is 84.1 Å². The van der Waals surface area contributed by atoms with Crippen molar-refractivity contribution in [1.82, 2.24) is 15.5 Å². The first-order valence-electron chi connectivity index (χ1n) is 8.71. The minimum atomic E-state index is -0.546. The molecule has 0 fully saturated rings. The van der Waals surface area contributed by atoms with Crippen LogP contribution < -0.4 is 5.32 Å². The summed E-state index contributed by atoms with van der Waals surface area (Å²) < 4.78 is 5.70. The zero-order valence-electron chi connectivity index (χ0n) is 14.4. The van der Waals surface area contributed by atoms with Gasteiger partial charge in [-0.2, -0.15) is 5.10 Å². The quantitative estimate of drug-likeness (QED) is 0.647. The smallest absolute Gasteiger partial charge is 0.359 e. The molecule has 2 N–H and O–H groups in total. The lowest BCUT2D eigenvalue weighted by Crippen LogP contribution is -2.29. The van der Waals surface area contributed by atoms with E-state index >= 15 is 0 Å². The fourth-order valence-electron chi connectivity index (χ4n) is 3.14. The molecule has 0 bridgehead atoms. The SMILES string of the molecule is CC(=O)NC[C@H](OC(=O)c1n[nH]c2c1CCCCC2)c1ccccc1. The molecule has 0 saturated heterocycles. The number of hydrogen-bond acceptors (Lipinski definition) is 4. The van der Waals surface area contributed by atoms with Crippen LogP contribution in [-0.2, 0) is 22.4 Å². The van der Waals surface area contributed by atoms with Crippen molar-refractivity contribution in [3.05, 3.63) is 52.8 Å². The molecule has 0 aliphatic heterocycles. The van der Waals surface area contributed by atoms with Crippen LogP contribution >= 0.6 is 0 Å². The molecular formula is C19H23N3O3. The molecule has 0 saturated carbocycles. The Bertz CT molecular complexity index is 740. The molecule has 1 amide bonds. The van der Waals surface area contributed by atoms with Crippen molar-refractivity contribution in [2.24, 2.45) is 0 Å². The molecule has 6 nitrogen and oxygen atoms in total. The zero-order valence-corrected chi connectivity index (χ0v) is 14.4. The summed E-state index contributed by atoms with van der Waals surface area (Å²) in [5, 5.41) is 9.91. The van der Waals surface area contributed by atoms with Gasteiger partial charge in [0.05, 0.1) is 6.54 Å². The Morgan fingerprint density at radius 1 is 1.20 bits per heavy atom. The maximum atomic E-state index is 12.7. The number of H-pyrrole nitrogens is 1. The molecule has 1 atom stereocenters. The Balaban J connectivity index is 1.78. The van der Waals surface area contributed by atoms with Gasteiger partial charge in [0.15, 0.2) is 5.69 Å². The number of aromatic nitrogens is 2. The average Bonchev–Trinajstić information content (AvgIpc) is 2.88. The molecule has 0 radical (unpaired) electrons. The van der Waals surface area contributed by atoms with Crippen LogP contribution in [0.25, 0.3) is 0 Å². The molecular weight excluding hydrogens is 318 g/mol. The fourth-order valence-corrected chi connectivity index (χ4v) is 3.14. The number of nitrogens with zero attached hydrogens (tertiary/aromatic N) is 1. The highest BCUT2D eigenvalue weighted by atomic mass is 16.5. The highest BCUT2D eigenvalue weighted by Gasteiger charge is 2.25. The summed E-state index contributed by atoms with van der Waals surface area (Å²) in [6.07, 6.45) is 4.55. The Labute approximate surface area is 147 Å². The highest BCUT2D eigenvalue weighted by molar-refractivity contribution is 5.89. The Kier molecular flexibility index (Phi) is 5.48. The molecule has 0 unspecified atom stereocenters. The summed E-state index contributed by atoms with van der Waals surface area (Å²) in [6.45, 7) is 1.68. The van der Waals surface area contributed by atoms with Crippen molar-refractivity contribution in [3.8, 4) is 0 Å². The van der Waals surface area contributed by atoms with Crippen molar-refractivity contribution in [1.29, 1.82) is 0 Å². The number of carbonyl (C=O) groups is 2. The molecule has 2 aromatic rings. The standard InChI is InChI=1S/C19H23N3O3/c1-13(23)20-12-17(14-8-4-2-5-9-14)25-19(24)18-15-10-6-3-7-11-16(15)21-22-18/h2,4-5,8-9,17H,3,6-7,10-12H2,1H3,(H,20,23)(H,21,22)/t17-/m0/s1. The third kappa shape index (κ3) is 4.26. The summed E-state index contributed by atoms with van der Waals surface area (Å²) in [5.41, 5.74) is 3.24. The van der Waals surface area contributed by atoms with Gasteiger partial charge < -0.3 is 10.1 Å². The van der Waals surface area contributed by atoms with Crippen molar-refractivity contribution in [2.75, 3.05) is 6.54 Å². The number of ether oxygens (including phenoxy) is 1. The third-order valence-electron chi connectivity index (χ3n) is 4.46. The van der Waals surface area contributed by atoms with Crippen LogP contribution in [0.1, 0.15) is 59.6 Å². The van der Waals surface area contributed by atoms with Gasteiger partial charge in [-0.1, -0.05) is 36.8 Å². The Morgan fingerprint density at radius 2 is 1.96 bits per heavy atom. The number of hydrogen-bond donors (Lipinski definition) is 2. The van der Waals surface area contributed by atoms with Gasteiger partial charge in [-0.3, -0.25) is 9.89 Å². The van der Waals surface area contributed by atoms with Gasteiger partial charge in [0.25, 0.3) is 0 Å². The summed E-state index contributed by atoms with van der Waals surface area (Å²) in [5.74, 6) is -0.607. The maximum Gasteiger partial charge on any atom is 0.359 e. The average molecular weight is 341 g/mol. The molecule has 1 aromatic carbocycles. The Morgan fingerprint density at radius 3 is 2.72 bits per heavy atom. The molecule has 3 rings (SSSR count). The largest absolute Gasteiger partial charge is 0.451 e. The molecule has 1 aliphatic rings. The van der Waals surface area contributed by atoms with Crippen LogP contribution in [-0.4, -0.2) is 28.6 Å². The van der Waals surface area contributed by atoms with E-state index in [0.29, 0.717) is 5.69 Å². The number of aromatic amines is 1. The lowest BCUT2D eigenvalue weighted by molar-refractivity contribution is -0.119. The second kappa shape index (κ2) is 7.96. The number of carbonyl (C=O) groups excluding carboxylic acids is 2. The van der Waals surface area contributed by atoms with Crippen LogP contribution in [0.2, 0.25) is 0 Å². The first-order chi connectivity index (χ1) is 12.1. The number of aryl methyl sites for hydroxylation is 1. The summed E-state index contributed by atoms with van der Waals surface area (Å²) in [4.78, 5) is 24.0. The number of fused-ring (bicyclic) bond motifs is 1. The third-order valence-corrected chi connectivity index (χ3v) is 4.46. The van der Waals surface area contributed by atoms with Crippen LogP contribution in [0.4, 0.5) is 0 Å². The molecule has 1 aromatic heterocycles. The molecule has 132 valence electrons. The van der Waals surface area contributed by atoms with Crippen LogP contribution in [0.5, 0.6) is 0 Å². The number of benzene rings is 1. The molecule has 6 heteroatoms. The van der Waals surface area contributed by atoms with E-state index in [-0.39, 0.29) is 12.5 Å². The van der Waals surface area contributed by atoms with Gasteiger partial charge in [-0.15, -0.1) is 0 Å². The van der Waals surface area contributed by atoms with Gasteiger partial charge in [-0.25, -0.2) is 4.79 Å². The van der Waals surface area contributed by atoms with E-state index in [4.69, 9.17) is 4.74 Å². The van der Waals surface area contributed by atoms with E-state index in [2.05, 4.69) is 15.5 Å². The number of rotatable bonds is 5. The van der Waals surface area contributed by atoms with Gasteiger partial charge in [0, 0.05) is 18.2 Å². The number of nitrogens with one attached hydrogen (secondary N) is 2. The van der Waals surface area contributed by atoms with Gasteiger partial charge in [-0.05, 0) is 31.2 Å². The highest BCUT2D eigenvalue weighted by Crippen LogP contribution is 2.24. The van der Waals surface area contributed by atoms with Crippen molar-refractivity contribution in [2.45, 2.75) is 45.1 Å². The van der Waals surface area contributed by atoms with Gasteiger partial charge in [0.1, 0.15) is 6.10 Å². The summed E-state index contributed by atoms with van der Waals surface area (Å²) in [6, 6.07) is 9.42. The predicted molar refractivity (Wildman–Crippen MR) is 93.1 cm³/mol. The first kappa shape index (κ1) is 17.2. The maximum absolute atomic E-state index is 12.7. The van der Waals surface area contributed by atoms with E-state index in [9.17, 15) is 9.59 Å². The zero-order chi connectivity index (χ0) is 17.6. The minimum Gasteiger partial charge on any atom is -0.451 e. The van der Waals surface area contributed by atoms with E-state index in [1.165, 1.54) is 6.92 Å². The second-order valence-electron chi connectivity index (χ2n) is 6.33. The van der Waals surface area contributed by atoms with Gasteiger partial charge in [0.2, 0.25) is 5.91 Å². The Hall–Kier alpha value is -2.63. The van der Waals surface area contributed by atoms with E-state index < -0.39 is 12.1 Å². The van der Waals surface area contributed by atoms with Crippen molar-refractivity contribution in [3.63, 3.8) is 0 Å². The van der Waals surface area contributed by atoms with Crippen LogP contribution in [0.15, 0.2) is 30.3 Å². The monoisotopic (exact) mass is 341 g/mol. The minimum absolute atomic E-state index is 0.161. The normalized spacial score (nSPS) is 14.9.